The van der Waals surface area contributed by atoms with Crippen LogP contribution in [0.15, 0.2) is 0 Å². The summed E-state index contributed by atoms with van der Waals surface area (Å²) < 4.78 is 33.9. The first-order valence-corrected chi connectivity index (χ1v) is 9.91. The fourth-order valence-corrected chi connectivity index (χ4v) is 3.77. The molecule has 0 radical (unpaired) electrons. The highest BCUT2D eigenvalue weighted by Crippen LogP contribution is 2.52. The quantitative estimate of drug-likeness (QED) is 0.429. The average molecular weight is 352 g/mol. The second-order valence-corrected chi connectivity index (χ2v) is 9.65. The van der Waals surface area contributed by atoms with E-state index < -0.39 is 13.4 Å². The van der Waals surface area contributed by atoms with E-state index in [0.29, 0.717) is 13.0 Å². The Morgan fingerprint density at radius 1 is 0.957 bits per heavy atom. The molecule has 0 amide bonds. The highest BCUT2D eigenvalue weighted by molar-refractivity contribution is 7.48. The van der Waals surface area contributed by atoms with Crippen LogP contribution in [0.25, 0.3) is 0 Å². The van der Waals surface area contributed by atoms with Crippen molar-refractivity contribution in [1.82, 2.24) is 0 Å². The van der Waals surface area contributed by atoms with Crippen LogP contribution in [0, 0.1) is 5.41 Å². The molecule has 0 aliphatic heterocycles. The summed E-state index contributed by atoms with van der Waals surface area (Å²) >= 11 is 0. The van der Waals surface area contributed by atoms with Crippen LogP contribution >= 0.6 is 7.82 Å². The molecular weight excluding hydrogens is 315 g/mol. The predicted octanol–water partition coefficient (Wildman–Crippen LogP) is 5.58. The summed E-state index contributed by atoms with van der Waals surface area (Å²) in [7, 11) is -2.16. The summed E-state index contributed by atoms with van der Waals surface area (Å²) in [6, 6.07) is 0. The Balaban J connectivity index is 4.51. The smallest absolute Gasteiger partial charge is 0.375 e. The zero-order valence-corrected chi connectivity index (χ0v) is 17.4. The van der Waals surface area contributed by atoms with Crippen molar-refractivity contribution in [3.63, 3.8) is 0 Å². The summed E-state index contributed by atoms with van der Waals surface area (Å²) in [6.45, 7) is 17.2. The Bertz CT molecular complexity index is 390. The number of hydrogen-bond donors (Lipinski definition) is 0. The number of hydrogen-bond acceptors (Lipinski definition) is 5. The zero-order chi connectivity index (χ0) is 18.4. The lowest BCUT2D eigenvalue weighted by Gasteiger charge is -2.35. The van der Waals surface area contributed by atoms with Crippen LogP contribution in [0.5, 0.6) is 0 Å². The minimum atomic E-state index is -3.50. The lowest BCUT2D eigenvalue weighted by Crippen LogP contribution is -2.34. The Morgan fingerprint density at radius 3 is 1.96 bits per heavy atom. The zero-order valence-electron chi connectivity index (χ0n) is 16.5. The Morgan fingerprint density at radius 2 is 1.52 bits per heavy atom. The van der Waals surface area contributed by atoms with E-state index in [9.17, 15) is 4.57 Å². The van der Waals surface area contributed by atoms with Gasteiger partial charge in [-0.2, -0.15) is 0 Å². The van der Waals surface area contributed by atoms with E-state index >= 15 is 0 Å². The van der Waals surface area contributed by atoms with Gasteiger partial charge in [0.2, 0.25) is 0 Å². The third-order valence-corrected chi connectivity index (χ3v) is 5.67. The molecule has 0 spiro atoms. The van der Waals surface area contributed by atoms with E-state index in [1.807, 2.05) is 13.8 Å². The molecule has 0 aliphatic carbocycles. The van der Waals surface area contributed by atoms with Crippen molar-refractivity contribution in [3.05, 3.63) is 0 Å². The van der Waals surface area contributed by atoms with Crippen LogP contribution < -0.4 is 0 Å². The van der Waals surface area contributed by atoms with Gasteiger partial charge in [0.1, 0.15) is 0 Å². The maximum atomic E-state index is 12.3. The van der Waals surface area contributed by atoms with Gasteiger partial charge >= 0.3 is 7.82 Å². The molecule has 0 N–H and O–H groups in total. The highest BCUT2D eigenvalue weighted by atomic mass is 31.2. The lowest BCUT2D eigenvalue weighted by molar-refractivity contribution is -0.0666. The van der Waals surface area contributed by atoms with Gasteiger partial charge in [0.15, 0.2) is 0 Å². The molecule has 0 saturated heterocycles. The van der Waals surface area contributed by atoms with Gasteiger partial charge in [-0.3, -0.25) is 13.6 Å². The van der Waals surface area contributed by atoms with E-state index in [-0.39, 0.29) is 17.6 Å². The molecule has 23 heavy (non-hydrogen) atoms. The minimum Gasteiger partial charge on any atom is -0.375 e. The molecule has 0 rings (SSSR count). The highest BCUT2D eigenvalue weighted by Gasteiger charge is 2.35. The van der Waals surface area contributed by atoms with Gasteiger partial charge in [0.25, 0.3) is 0 Å². The summed E-state index contributed by atoms with van der Waals surface area (Å²) in [5.41, 5.74) is -0.617. The second kappa shape index (κ2) is 8.96. The van der Waals surface area contributed by atoms with Crippen LogP contribution in [0.3, 0.4) is 0 Å². The molecule has 0 saturated carbocycles. The lowest BCUT2D eigenvalue weighted by atomic mass is 9.80. The van der Waals surface area contributed by atoms with Crippen LogP contribution in [-0.4, -0.2) is 31.5 Å². The largest absolute Gasteiger partial charge is 0.475 e. The Labute approximate surface area is 143 Å². The second-order valence-electron chi connectivity index (χ2n) is 7.95. The molecule has 0 heterocycles. The van der Waals surface area contributed by atoms with E-state index in [4.69, 9.17) is 18.3 Å². The summed E-state index contributed by atoms with van der Waals surface area (Å²) in [6.07, 6.45) is 2.69. The normalized spacial score (nSPS) is 16.4. The number of phosphoric ester groups is 1. The van der Waals surface area contributed by atoms with Crippen molar-refractivity contribution in [3.8, 4) is 0 Å². The molecule has 1 atom stereocenters. The molecule has 0 aromatic heterocycles. The number of ether oxygens (including phenoxy) is 1. The fourth-order valence-electron chi connectivity index (χ4n) is 2.52. The van der Waals surface area contributed by atoms with Gasteiger partial charge in [-0.25, -0.2) is 4.57 Å². The number of phosphoric acid groups is 1. The van der Waals surface area contributed by atoms with E-state index in [1.165, 1.54) is 7.11 Å². The molecule has 1 unspecified atom stereocenters. The Hall–Kier alpha value is 0.0700. The first kappa shape index (κ1) is 23.1. The molecular formula is C17H37O5P. The van der Waals surface area contributed by atoms with Crippen molar-refractivity contribution >= 4 is 7.82 Å². The van der Waals surface area contributed by atoms with E-state index in [1.54, 1.807) is 6.92 Å². The molecule has 0 aromatic carbocycles. The van der Waals surface area contributed by atoms with Gasteiger partial charge in [-0.15, -0.1) is 0 Å². The van der Waals surface area contributed by atoms with Gasteiger partial charge in [-0.05, 0) is 52.9 Å². The molecule has 0 aromatic rings. The minimum absolute atomic E-state index is 0.208. The van der Waals surface area contributed by atoms with Crippen molar-refractivity contribution in [2.24, 2.45) is 5.41 Å². The first-order chi connectivity index (χ1) is 10.3. The first-order valence-electron chi connectivity index (χ1n) is 8.45. The molecule has 6 heteroatoms. The third-order valence-electron chi connectivity index (χ3n) is 3.93. The summed E-state index contributed by atoms with van der Waals surface area (Å²) in [5, 5.41) is 0. The van der Waals surface area contributed by atoms with Crippen molar-refractivity contribution in [1.29, 1.82) is 0 Å². The van der Waals surface area contributed by atoms with Crippen LogP contribution in [0.4, 0.5) is 0 Å². The predicted molar refractivity (Wildman–Crippen MR) is 94.7 cm³/mol. The molecule has 5 nitrogen and oxygen atoms in total. The third kappa shape index (κ3) is 9.83. The topological polar surface area (TPSA) is 54.0 Å². The van der Waals surface area contributed by atoms with E-state index in [2.05, 4.69) is 34.6 Å². The fraction of sp³-hybridized carbons (Fsp3) is 1.00. The monoisotopic (exact) mass is 352 g/mol. The van der Waals surface area contributed by atoms with Gasteiger partial charge in [0, 0.05) is 7.11 Å². The van der Waals surface area contributed by atoms with Crippen molar-refractivity contribution in [2.75, 3.05) is 20.3 Å². The maximum Gasteiger partial charge on any atom is 0.475 e. The average Bonchev–Trinajstić information content (AvgIpc) is 2.36. The molecule has 0 aliphatic rings. The maximum absolute atomic E-state index is 12.3. The number of rotatable bonds is 12. The van der Waals surface area contributed by atoms with Gasteiger partial charge < -0.3 is 4.74 Å². The standard InChI is InChI=1S/C17H37O5P/c1-10-15(3,4)14-17(7,8)20-13-12-16(5,6)22-23(18,19-9)21-11-2/h10-14H2,1-9H3. The van der Waals surface area contributed by atoms with Gasteiger partial charge in [-0.1, -0.05) is 27.2 Å². The SMILES string of the molecule is CCOP(=O)(OC)OC(C)(C)CCOC(C)(C)CC(C)(C)CC. The van der Waals surface area contributed by atoms with Crippen LogP contribution in [-0.2, 0) is 22.9 Å². The summed E-state index contributed by atoms with van der Waals surface area (Å²) in [4.78, 5) is 0. The molecule has 140 valence electrons. The van der Waals surface area contributed by atoms with E-state index in [0.717, 1.165) is 12.8 Å². The summed E-state index contributed by atoms with van der Waals surface area (Å²) in [5.74, 6) is 0. The molecule has 0 fully saturated rings. The van der Waals surface area contributed by atoms with Gasteiger partial charge in [0.05, 0.1) is 24.4 Å². The van der Waals surface area contributed by atoms with Crippen LogP contribution in [0.2, 0.25) is 0 Å². The van der Waals surface area contributed by atoms with Crippen LogP contribution in [0.1, 0.15) is 74.7 Å². The molecule has 0 bridgehead atoms. The Kier molecular flexibility index (Phi) is 8.99. The van der Waals surface area contributed by atoms with Crippen molar-refractivity contribution in [2.45, 2.75) is 85.9 Å². The van der Waals surface area contributed by atoms with Crippen molar-refractivity contribution < 1.29 is 22.9 Å².